The number of aliphatic hydroxyl groups is 1. The van der Waals surface area contributed by atoms with Crippen molar-refractivity contribution in [2.75, 3.05) is 13.7 Å². The molecule has 1 fully saturated rings. The minimum atomic E-state index is -0.569. The zero-order valence-electron chi connectivity index (χ0n) is 9.67. The van der Waals surface area contributed by atoms with Crippen LogP contribution in [0.2, 0.25) is 0 Å². The topological polar surface area (TPSA) is 89.3 Å². The quantitative estimate of drug-likeness (QED) is 0.635. The van der Waals surface area contributed by atoms with Gasteiger partial charge in [-0.3, -0.25) is 5.32 Å². The lowest BCUT2D eigenvalue weighted by molar-refractivity contribution is -0.143. The molecule has 2 N–H and O–H groups in total. The standard InChI is InChI=1S/C10H16N4O3/c1-17-10(16)9(11-7-2-3-7)8-6-14(4-5-15)13-12-8/h6-7,9,11,15H,2-5H2,1H3. The molecule has 17 heavy (non-hydrogen) atoms. The van der Waals surface area contributed by atoms with Crippen molar-refractivity contribution in [2.45, 2.75) is 31.5 Å². The molecule has 1 aromatic rings. The Hall–Kier alpha value is -1.47. The highest BCUT2D eigenvalue weighted by atomic mass is 16.5. The molecule has 1 unspecified atom stereocenters. The number of hydrogen-bond donors (Lipinski definition) is 2. The number of ether oxygens (including phenoxy) is 1. The summed E-state index contributed by atoms with van der Waals surface area (Å²) in [6.07, 6.45) is 3.78. The summed E-state index contributed by atoms with van der Waals surface area (Å²) in [6.45, 7) is 0.353. The molecule has 1 aromatic heterocycles. The third-order valence-electron chi connectivity index (χ3n) is 2.60. The van der Waals surface area contributed by atoms with E-state index >= 15 is 0 Å². The first-order chi connectivity index (χ1) is 8.24. The Labute approximate surface area is 98.8 Å². The van der Waals surface area contributed by atoms with Crippen LogP contribution in [-0.4, -0.2) is 45.8 Å². The van der Waals surface area contributed by atoms with Crippen LogP contribution in [-0.2, 0) is 16.1 Å². The maximum atomic E-state index is 11.6. The van der Waals surface area contributed by atoms with E-state index in [1.807, 2.05) is 0 Å². The molecule has 1 aliphatic carbocycles. The monoisotopic (exact) mass is 240 g/mol. The van der Waals surface area contributed by atoms with Crippen LogP contribution in [0.25, 0.3) is 0 Å². The largest absolute Gasteiger partial charge is 0.468 e. The fourth-order valence-corrected chi connectivity index (χ4v) is 1.54. The van der Waals surface area contributed by atoms with E-state index in [-0.39, 0.29) is 12.6 Å². The highest BCUT2D eigenvalue weighted by Crippen LogP contribution is 2.24. The van der Waals surface area contributed by atoms with E-state index in [0.29, 0.717) is 18.3 Å². The number of esters is 1. The van der Waals surface area contributed by atoms with Gasteiger partial charge in [-0.15, -0.1) is 5.10 Å². The second kappa shape index (κ2) is 5.24. The van der Waals surface area contributed by atoms with Crippen molar-refractivity contribution < 1.29 is 14.6 Å². The van der Waals surface area contributed by atoms with Gasteiger partial charge in [-0.2, -0.15) is 0 Å². The zero-order chi connectivity index (χ0) is 12.3. The molecular weight excluding hydrogens is 224 g/mol. The molecule has 1 heterocycles. The molecule has 1 aliphatic rings. The van der Waals surface area contributed by atoms with Crippen molar-refractivity contribution in [3.05, 3.63) is 11.9 Å². The summed E-state index contributed by atoms with van der Waals surface area (Å²) in [4.78, 5) is 11.6. The first-order valence-corrected chi connectivity index (χ1v) is 5.59. The number of hydrogen-bond acceptors (Lipinski definition) is 6. The summed E-state index contributed by atoms with van der Waals surface area (Å²) in [5.41, 5.74) is 0.525. The van der Waals surface area contributed by atoms with E-state index < -0.39 is 6.04 Å². The average Bonchev–Trinajstić information content (AvgIpc) is 3.04. The smallest absolute Gasteiger partial charge is 0.329 e. The molecule has 0 aromatic carbocycles. The van der Waals surface area contributed by atoms with E-state index in [1.165, 1.54) is 11.8 Å². The normalized spacial score (nSPS) is 16.8. The molecule has 0 aliphatic heterocycles. The molecule has 94 valence electrons. The van der Waals surface area contributed by atoms with Gasteiger partial charge in [-0.05, 0) is 12.8 Å². The average molecular weight is 240 g/mol. The molecule has 0 bridgehead atoms. The van der Waals surface area contributed by atoms with Crippen LogP contribution in [0.1, 0.15) is 24.6 Å². The van der Waals surface area contributed by atoms with E-state index in [0.717, 1.165) is 12.8 Å². The van der Waals surface area contributed by atoms with Crippen LogP contribution < -0.4 is 5.32 Å². The fourth-order valence-electron chi connectivity index (χ4n) is 1.54. The number of nitrogens with zero attached hydrogens (tertiary/aromatic N) is 3. The third-order valence-corrected chi connectivity index (χ3v) is 2.60. The van der Waals surface area contributed by atoms with Crippen LogP contribution >= 0.6 is 0 Å². The summed E-state index contributed by atoms with van der Waals surface area (Å²) in [5.74, 6) is -0.368. The van der Waals surface area contributed by atoms with Crippen LogP contribution in [0.4, 0.5) is 0 Å². The SMILES string of the molecule is COC(=O)C(NC1CC1)c1cn(CCO)nn1. The zero-order valence-corrected chi connectivity index (χ0v) is 9.67. The van der Waals surface area contributed by atoms with Gasteiger partial charge >= 0.3 is 5.97 Å². The molecule has 0 spiro atoms. The van der Waals surface area contributed by atoms with Crippen LogP contribution in [0.5, 0.6) is 0 Å². The number of carbonyl (C=O) groups excluding carboxylic acids is 1. The Bertz CT molecular complexity index is 389. The van der Waals surface area contributed by atoms with Crippen molar-refractivity contribution in [1.82, 2.24) is 20.3 Å². The van der Waals surface area contributed by atoms with Gasteiger partial charge in [-0.1, -0.05) is 5.21 Å². The Kier molecular flexibility index (Phi) is 3.70. The highest BCUT2D eigenvalue weighted by molar-refractivity contribution is 5.76. The van der Waals surface area contributed by atoms with Crippen molar-refractivity contribution in [3.8, 4) is 0 Å². The van der Waals surface area contributed by atoms with Crippen LogP contribution in [0.15, 0.2) is 6.20 Å². The highest BCUT2D eigenvalue weighted by Gasteiger charge is 2.31. The number of rotatable bonds is 6. The number of methoxy groups -OCH3 is 1. The van der Waals surface area contributed by atoms with Gasteiger partial charge in [0.15, 0.2) is 6.04 Å². The molecule has 0 radical (unpaired) electrons. The number of aliphatic hydroxyl groups excluding tert-OH is 1. The van der Waals surface area contributed by atoms with Gasteiger partial charge in [0.25, 0.3) is 0 Å². The molecular formula is C10H16N4O3. The van der Waals surface area contributed by atoms with Crippen molar-refractivity contribution in [1.29, 1.82) is 0 Å². The second-order valence-electron chi connectivity index (χ2n) is 4.03. The third kappa shape index (κ3) is 3.01. The first-order valence-electron chi connectivity index (χ1n) is 5.59. The van der Waals surface area contributed by atoms with Crippen LogP contribution in [0.3, 0.4) is 0 Å². The Morgan fingerprint density at radius 1 is 1.76 bits per heavy atom. The van der Waals surface area contributed by atoms with Gasteiger partial charge in [-0.25, -0.2) is 9.48 Å². The maximum absolute atomic E-state index is 11.6. The summed E-state index contributed by atoms with van der Waals surface area (Å²) in [5, 5.41) is 19.7. The predicted molar refractivity (Wildman–Crippen MR) is 58.0 cm³/mol. The van der Waals surface area contributed by atoms with Gasteiger partial charge < -0.3 is 9.84 Å². The van der Waals surface area contributed by atoms with Crippen molar-refractivity contribution in [2.24, 2.45) is 0 Å². The van der Waals surface area contributed by atoms with E-state index in [2.05, 4.69) is 15.6 Å². The van der Waals surface area contributed by atoms with Crippen molar-refractivity contribution in [3.63, 3.8) is 0 Å². The Morgan fingerprint density at radius 2 is 2.53 bits per heavy atom. The minimum Gasteiger partial charge on any atom is -0.468 e. The summed E-state index contributed by atoms with van der Waals surface area (Å²) < 4.78 is 6.24. The molecule has 2 rings (SSSR count). The Balaban J connectivity index is 2.08. The van der Waals surface area contributed by atoms with Crippen LogP contribution in [0, 0.1) is 0 Å². The Morgan fingerprint density at radius 3 is 3.12 bits per heavy atom. The molecule has 7 heteroatoms. The number of aromatic nitrogens is 3. The number of carbonyl (C=O) groups is 1. The lowest BCUT2D eigenvalue weighted by Gasteiger charge is -2.12. The maximum Gasteiger partial charge on any atom is 0.329 e. The summed E-state index contributed by atoms with van der Waals surface area (Å²) in [6, 6.07) is -0.206. The van der Waals surface area contributed by atoms with E-state index in [1.54, 1.807) is 6.20 Å². The minimum absolute atomic E-state index is 0.0122. The van der Waals surface area contributed by atoms with E-state index in [9.17, 15) is 4.79 Å². The summed E-state index contributed by atoms with van der Waals surface area (Å²) >= 11 is 0. The molecule has 0 saturated heterocycles. The fraction of sp³-hybridized carbons (Fsp3) is 0.700. The summed E-state index contributed by atoms with van der Waals surface area (Å²) in [7, 11) is 1.35. The van der Waals surface area contributed by atoms with Gasteiger partial charge in [0, 0.05) is 6.04 Å². The van der Waals surface area contributed by atoms with Gasteiger partial charge in [0.1, 0.15) is 5.69 Å². The lowest BCUT2D eigenvalue weighted by atomic mass is 10.2. The van der Waals surface area contributed by atoms with Gasteiger partial charge in [0.05, 0.1) is 26.5 Å². The first kappa shape index (κ1) is 12.0. The molecule has 0 amide bonds. The molecule has 7 nitrogen and oxygen atoms in total. The predicted octanol–water partition coefficient (Wildman–Crippen LogP) is -0.763. The van der Waals surface area contributed by atoms with Gasteiger partial charge in [0.2, 0.25) is 0 Å². The van der Waals surface area contributed by atoms with E-state index in [4.69, 9.17) is 9.84 Å². The lowest BCUT2D eigenvalue weighted by Crippen LogP contribution is -2.31. The van der Waals surface area contributed by atoms with Crippen molar-refractivity contribution >= 4 is 5.97 Å². The molecule has 1 atom stereocenters. The number of nitrogens with one attached hydrogen (secondary N) is 1. The second-order valence-corrected chi connectivity index (χ2v) is 4.03. The molecule has 1 saturated carbocycles.